The van der Waals surface area contributed by atoms with Gasteiger partial charge in [-0.25, -0.2) is 0 Å². The lowest BCUT2D eigenvalue weighted by Crippen LogP contribution is -2.13. The average molecular weight is 344 g/mol. The Labute approximate surface area is 153 Å². The fourth-order valence-electron chi connectivity index (χ4n) is 2.81. The fourth-order valence-corrected chi connectivity index (χ4v) is 2.81. The summed E-state index contributed by atoms with van der Waals surface area (Å²) >= 11 is 0. The Balaban J connectivity index is 1.64. The maximum absolute atomic E-state index is 12.4. The van der Waals surface area contributed by atoms with Gasteiger partial charge in [0.25, 0.3) is 0 Å². The van der Waals surface area contributed by atoms with E-state index in [9.17, 15) is 9.59 Å². The van der Waals surface area contributed by atoms with Crippen molar-refractivity contribution >= 4 is 11.6 Å². The lowest BCUT2D eigenvalue weighted by Gasteiger charge is -2.09. The molecule has 3 rings (SSSR count). The highest BCUT2D eigenvalue weighted by Gasteiger charge is 2.11. The maximum Gasteiger partial charge on any atom is 0.200 e. The molecule has 3 aromatic carbocycles. The Bertz CT molecular complexity index is 925. The van der Waals surface area contributed by atoms with Crippen LogP contribution in [0.1, 0.15) is 37.4 Å². The number of aryl methyl sites for hydroxylation is 2. The van der Waals surface area contributed by atoms with Gasteiger partial charge in [0.05, 0.1) is 0 Å². The van der Waals surface area contributed by atoms with Crippen LogP contribution in [0.4, 0.5) is 0 Å². The number of Topliss-reactive ketones (excluding diaryl/α,β-unsaturated/α-hetero) is 1. The summed E-state index contributed by atoms with van der Waals surface area (Å²) in [6.07, 6.45) is 0. The van der Waals surface area contributed by atoms with Crippen molar-refractivity contribution in [3.05, 3.63) is 101 Å². The number of hydrogen-bond acceptors (Lipinski definition) is 3. The lowest BCUT2D eigenvalue weighted by molar-refractivity contribution is 0.0920. The third-order valence-corrected chi connectivity index (χ3v) is 4.20. The zero-order valence-electron chi connectivity index (χ0n) is 14.9. The first kappa shape index (κ1) is 17.6. The third-order valence-electron chi connectivity index (χ3n) is 4.20. The molecule has 0 radical (unpaired) electrons. The summed E-state index contributed by atoms with van der Waals surface area (Å²) in [6, 6.07) is 21.7. The van der Waals surface area contributed by atoms with Crippen molar-refractivity contribution in [1.29, 1.82) is 0 Å². The molecule has 0 amide bonds. The van der Waals surface area contributed by atoms with E-state index in [1.54, 1.807) is 36.4 Å². The van der Waals surface area contributed by atoms with E-state index in [1.807, 2.05) is 50.2 Å². The molecule has 0 N–H and O–H groups in total. The van der Waals surface area contributed by atoms with Crippen LogP contribution >= 0.6 is 0 Å². The standard InChI is InChI=1S/C23H20O3/c1-16-8-13-21(17(2)14-16)22(24)15-26-20-11-9-19(10-12-20)23(25)18-6-4-3-5-7-18/h3-14H,15H2,1-2H3. The molecule has 26 heavy (non-hydrogen) atoms. The molecule has 3 aromatic rings. The monoisotopic (exact) mass is 344 g/mol. The molecule has 0 aromatic heterocycles. The summed E-state index contributed by atoms with van der Waals surface area (Å²) in [4.78, 5) is 24.7. The van der Waals surface area contributed by atoms with Crippen molar-refractivity contribution < 1.29 is 14.3 Å². The van der Waals surface area contributed by atoms with E-state index in [0.717, 1.165) is 11.1 Å². The van der Waals surface area contributed by atoms with Crippen LogP contribution in [0.15, 0.2) is 72.8 Å². The number of benzene rings is 3. The van der Waals surface area contributed by atoms with E-state index in [1.165, 1.54) is 0 Å². The molecule has 0 heterocycles. The molecule has 0 spiro atoms. The van der Waals surface area contributed by atoms with Gasteiger partial charge in [0.1, 0.15) is 5.75 Å². The third kappa shape index (κ3) is 4.06. The van der Waals surface area contributed by atoms with Crippen LogP contribution in [0, 0.1) is 13.8 Å². The molecule has 3 heteroatoms. The van der Waals surface area contributed by atoms with E-state index < -0.39 is 0 Å². The predicted octanol–water partition coefficient (Wildman–Crippen LogP) is 4.80. The van der Waals surface area contributed by atoms with Gasteiger partial charge in [-0.1, -0.05) is 54.1 Å². The summed E-state index contributed by atoms with van der Waals surface area (Å²) < 4.78 is 5.59. The zero-order valence-corrected chi connectivity index (χ0v) is 14.9. The summed E-state index contributed by atoms with van der Waals surface area (Å²) in [5, 5.41) is 0. The molecule has 0 saturated heterocycles. The predicted molar refractivity (Wildman–Crippen MR) is 102 cm³/mol. The molecule has 130 valence electrons. The minimum Gasteiger partial charge on any atom is -0.485 e. The maximum atomic E-state index is 12.4. The molecular formula is C23H20O3. The largest absolute Gasteiger partial charge is 0.485 e. The van der Waals surface area contributed by atoms with Gasteiger partial charge in [0.15, 0.2) is 18.2 Å². The van der Waals surface area contributed by atoms with Crippen molar-refractivity contribution in [2.75, 3.05) is 6.61 Å². The van der Waals surface area contributed by atoms with Crippen LogP contribution in [0.25, 0.3) is 0 Å². The van der Waals surface area contributed by atoms with Gasteiger partial charge in [0.2, 0.25) is 0 Å². The van der Waals surface area contributed by atoms with Crippen LogP contribution in [-0.2, 0) is 0 Å². The number of carbonyl (C=O) groups is 2. The molecule has 0 fully saturated rings. The molecule has 0 atom stereocenters. The smallest absolute Gasteiger partial charge is 0.200 e. The second-order valence-electron chi connectivity index (χ2n) is 6.25. The van der Waals surface area contributed by atoms with Crippen molar-refractivity contribution in [2.24, 2.45) is 0 Å². The van der Waals surface area contributed by atoms with E-state index in [4.69, 9.17) is 4.74 Å². The van der Waals surface area contributed by atoms with Crippen LogP contribution < -0.4 is 4.74 Å². The first-order chi connectivity index (χ1) is 12.5. The summed E-state index contributed by atoms with van der Waals surface area (Å²) in [6.45, 7) is 3.89. The van der Waals surface area contributed by atoms with Gasteiger partial charge in [-0.3, -0.25) is 9.59 Å². The zero-order chi connectivity index (χ0) is 18.5. The first-order valence-corrected chi connectivity index (χ1v) is 8.47. The Morgan fingerprint density at radius 1 is 0.808 bits per heavy atom. The van der Waals surface area contributed by atoms with Crippen molar-refractivity contribution in [3.8, 4) is 5.75 Å². The summed E-state index contributed by atoms with van der Waals surface area (Å²) in [5.74, 6) is 0.461. The van der Waals surface area contributed by atoms with Crippen LogP contribution in [0.5, 0.6) is 5.75 Å². The minimum atomic E-state index is -0.0630. The highest BCUT2D eigenvalue weighted by atomic mass is 16.5. The summed E-state index contributed by atoms with van der Waals surface area (Å²) in [7, 11) is 0. The Hall–Kier alpha value is -3.20. The number of rotatable bonds is 6. The normalized spacial score (nSPS) is 10.4. The van der Waals surface area contributed by atoms with Gasteiger partial charge in [0, 0.05) is 16.7 Å². The number of hydrogen-bond donors (Lipinski definition) is 0. The van der Waals surface area contributed by atoms with Crippen LogP contribution in [0.2, 0.25) is 0 Å². The Morgan fingerprint density at radius 3 is 2.12 bits per heavy atom. The van der Waals surface area contributed by atoms with Crippen LogP contribution in [-0.4, -0.2) is 18.2 Å². The molecule has 0 aliphatic heterocycles. The van der Waals surface area contributed by atoms with Crippen LogP contribution in [0.3, 0.4) is 0 Å². The van der Waals surface area contributed by atoms with E-state index in [-0.39, 0.29) is 18.2 Å². The molecular weight excluding hydrogens is 324 g/mol. The number of carbonyl (C=O) groups excluding carboxylic acids is 2. The van der Waals surface area contributed by atoms with E-state index in [0.29, 0.717) is 22.4 Å². The van der Waals surface area contributed by atoms with Crippen molar-refractivity contribution in [1.82, 2.24) is 0 Å². The fraction of sp³-hybridized carbons (Fsp3) is 0.130. The highest BCUT2D eigenvalue weighted by Crippen LogP contribution is 2.17. The molecule has 0 aliphatic rings. The van der Waals surface area contributed by atoms with Crippen molar-refractivity contribution in [3.63, 3.8) is 0 Å². The molecule has 3 nitrogen and oxygen atoms in total. The lowest BCUT2D eigenvalue weighted by atomic mass is 10.0. The summed E-state index contributed by atoms with van der Waals surface area (Å²) in [5.41, 5.74) is 3.97. The van der Waals surface area contributed by atoms with Gasteiger partial charge in [-0.2, -0.15) is 0 Å². The average Bonchev–Trinajstić information content (AvgIpc) is 2.66. The topological polar surface area (TPSA) is 43.4 Å². The second-order valence-corrected chi connectivity index (χ2v) is 6.25. The molecule has 0 saturated carbocycles. The minimum absolute atomic E-state index is 0.0319. The quantitative estimate of drug-likeness (QED) is 0.604. The molecule has 0 aliphatic carbocycles. The molecule has 0 bridgehead atoms. The van der Waals surface area contributed by atoms with Gasteiger partial charge in [-0.05, 0) is 43.7 Å². The van der Waals surface area contributed by atoms with Gasteiger partial charge in [-0.15, -0.1) is 0 Å². The number of ketones is 2. The second kappa shape index (κ2) is 7.79. The van der Waals surface area contributed by atoms with E-state index in [2.05, 4.69) is 0 Å². The van der Waals surface area contributed by atoms with Crippen molar-refractivity contribution in [2.45, 2.75) is 13.8 Å². The Kier molecular flexibility index (Phi) is 5.28. The molecule has 0 unspecified atom stereocenters. The Morgan fingerprint density at radius 2 is 1.46 bits per heavy atom. The van der Waals surface area contributed by atoms with E-state index >= 15 is 0 Å². The van der Waals surface area contributed by atoms with Gasteiger partial charge < -0.3 is 4.74 Å². The number of ether oxygens (including phenoxy) is 1. The SMILES string of the molecule is Cc1ccc(C(=O)COc2ccc(C(=O)c3ccccc3)cc2)c(C)c1. The van der Waals surface area contributed by atoms with Gasteiger partial charge >= 0.3 is 0 Å². The highest BCUT2D eigenvalue weighted by molar-refractivity contribution is 6.09. The first-order valence-electron chi connectivity index (χ1n) is 8.47.